The molecule has 7 nitrogen and oxygen atoms in total. The van der Waals surface area contributed by atoms with Gasteiger partial charge in [-0.05, 0) is 38.5 Å². The number of halogens is 1. The zero-order valence-corrected chi connectivity index (χ0v) is 14.5. The smallest absolute Gasteiger partial charge is 0.339 e. The molecule has 0 fully saturated rings. The average molecular weight is 364 g/mol. The second-order valence-corrected chi connectivity index (χ2v) is 7.60. The number of benzene rings is 1. The summed E-state index contributed by atoms with van der Waals surface area (Å²) in [5.41, 5.74) is -1.20. The van der Waals surface area contributed by atoms with Crippen LogP contribution < -0.4 is 4.72 Å². The van der Waals surface area contributed by atoms with Crippen LogP contribution in [0.2, 0.25) is 5.02 Å². The van der Waals surface area contributed by atoms with E-state index in [0.717, 1.165) is 7.11 Å². The van der Waals surface area contributed by atoms with E-state index in [0.29, 0.717) is 0 Å². The van der Waals surface area contributed by atoms with E-state index in [4.69, 9.17) is 16.7 Å². The van der Waals surface area contributed by atoms with Crippen molar-refractivity contribution in [3.8, 4) is 0 Å². The van der Waals surface area contributed by atoms with Crippen LogP contribution in [0.5, 0.6) is 0 Å². The molecule has 0 aliphatic heterocycles. The van der Waals surface area contributed by atoms with E-state index in [2.05, 4.69) is 9.46 Å². The first-order valence-electron chi connectivity index (χ1n) is 6.62. The molecule has 9 heteroatoms. The number of ether oxygens (including phenoxy) is 1. The van der Waals surface area contributed by atoms with E-state index in [1.165, 1.54) is 18.2 Å². The topological polar surface area (TPSA) is 110 Å². The molecule has 2 N–H and O–H groups in total. The van der Waals surface area contributed by atoms with Crippen LogP contribution in [-0.2, 0) is 19.6 Å². The number of hydrogen-bond acceptors (Lipinski definition) is 5. The van der Waals surface area contributed by atoms with E-state index >= 15 is 0 Å². The fraction of sp³-hybridized carbons (Fsp3) is 0.429. The molecule has 0 spiro atoms. The van der Waals surface area contributed by atoms with Gasteiger partial charge in [-0.25, -0.2) is 17.9 Å². The Labute approximate surface area is 139 Å². The van der Waals surface area contributed by atoms with Crippen LogP contribution in [0.1, 0.15) is 37.0 Å². The van der Waals surface area contributed by atoms with Gasteiger partial charge in [-0.3, -0.25) is 4.79 Å². The molecule has 1 aromatic rings. The number of esters is 1. The Morgan fingerprint density at radius 2 is 1.96 bits per heavy atom. The maximum atomic E-state index is 12.5. The van der Waals surface area contributed by atoms with Crippen LogP contribution in [0, 0.1) is 0 Å². The Balaban J connectivity index is 3.18. The van der Waals surface area contributed by atoms with Crippen molar-refractivity contribution in [3.05, 3.63) is 28.8 Å². The highest BCUT2D eigenvalue weighted by atomic mass is 35.5. The molecule has 128 valence electrons. The number of nitrogens with one attached hydrogen (secondary N) is 1. The molecule has 0 atom stereocenters. The number of carbonyl (C=O) groups is 2. The van der Waals surface area contributed by atoms with Crippen molar-refractivity contribution < 1.29 is 27.9 Å². The third-order valence-electron chi connectivity index (χ3n) is 3.01. The molecule has 0 saturated heterocycles. The first-order chi connectivity index (χ1) is 10.5. The minimum atomic E-state index is -4.07. The number of carbonyl (C=O) groups excluding carboxylic acids is 1. The zero-order valence-electron chi connectivity index (χ0n) is 12.9. The molecule has 1 rings (SSSR count). The molecule has 0 heterocycles. The summed E-state index contributed by atoms with van der Waals surface area (Å²) < 4.78 is 32.0. The molecule has 0 aliphatic rings. The standard InChI is InChI=1S/C14H18ClNO6S/c1-14(2,7-6-12(17)18)16-23(20,21)11-5-4-9(15)8-10(11)13(19)22-3/h4-5,8,16H,6-7H2,1-3H3,(H,17,18). The van der Waals surface area contributed by atoms with Gasteiger partial charge in [-0.1, -0.05) is 11.6 Å². The molecule has 0 aromatic heterocycles. The Morgan fingerprint density at radius 3 is 2.48 bits per heavy atom. The number of rotatable bonds is 7. The molecule has 0 radical (unpaired) electrons. The third kappa shape index (κ3) is 5.49. The van der Waals surface area contributed by atoms with E-state index < -0.39 is 27.5 Å². The van der Waals surface area contributed by atoms with Crippen LogP contribution in [0.15, 0.2) is 23.1 Å². The number of carboxylic acids is 1. The normalized spacial score (nSPS) is 12.0. The van der Waals surface area contributed by atoms with Gasteiger partial charge in [0.2, 0.25) is 10.0 Å². The predicted molar refractivity (Wildman–Crippen MR) is 84.1 cm³/mol. The summed E-state index contributed by atoms with van der Waals surface area (Å²) in [6.45, 7) is 3.11. The number of aliphatic carboxylic acids is 1. The Bertz CT molecular complexity index is 714. The van der Waals surface area contributed by atoms with Gasteiger partial charge in [0.25, 0.3) is 0 Å². The zero-order chi connectivity index (χ0) is 17.8. The lowest BCUT2D eigenvalue weighted by Crippen LogP contribution is -2.44. The first-order valence-corrected chi connectivity index (χ1v) is 8.48. The van der Waals surface area contributed by atoms with Gasteiger partial charge in [0.15, 0.2) is 0 Å². The minimum Gasteiger partial charge on any atom is -0.481 e. The summed E-state index contributed by atoms with van der Waals surface area (Å²) in [5.74, 6) is -1.87. The lowest BCUT2D eigenvalue weighted by Gasteiger charge is -2.25. The summed E-state index contributed by atoms with van der Waals surface area (Å²) in [7, 11) is -2.94. The van der Waals surface area contributed by atoms with Gasteiger partial charge in [-0.15, -0.1) is 0 Å². The molecular weight excluding hydrogens is 346 g/mol. The number of hydrogen-bond donors (Lipinski definition) is 2. The van der Waals surface area contributed by atoms with Crippen molar-refractivity contribution in [1.82, 2.24) is 4.72 Å². The number of methoxy groups -OCH3 is 1. The van der Waals surface area contributed by atoms with Crippen molar-refractivity contribution in [2.75, 3.05) is 7.11 Å². The van der Waals surface area contributed by atoms with Crippen molar-refractivity contribution in [2.45, 2.75) is 37.1 Å². The Morgan fingerprint density at radius 1 is 1.35 bits per heavy atom. The minimum absolute atomic E-state index is 0.0860. The lowest BCUT2D eigenvalue weighted by atomic mass is 10.0. The summed E-state index contributed by atoms with van der Waals surface area (Å²) in [6.07, 6.45) is -0.108. The summed E-state index contributed by atoms with van der Waals surface area (Å²) in [4.78, 5) is 22.1. The van der Waals surface area contributed by atoms with E-state index in [1.807, 2.05) is 0 Å². The van der Waals surface area contributed by atoms with E-state index in [9.17, 15) is 18.0 Å². The molecule has 0 saturated carbocycles. The number of carboxylic acid groups (broad SMARTS) is 1. The average Bonchev–Trinajstić information content (AvgIpc) is 2.43. The quantitative estimate of drug-likeness (QED) is 0.717. The maximum absolute atomic E-state index is 12.5. The van der Waals surface area contributed by atoms with E-state index in [-0.39, 0.29) is 28.3 Å². The van der Waals surface area contributed by atoms with Crippen LogP contribution in [0.4, 0.5) is 0 Å². The van der Waals surface area contributed by atoms with Gasteiger partial charge in [0, 0.05) is 17.0 Å². The molecule has 1 aromatic carbocycles. The monoisotopic (exact) mass is 363 g/mol. The lowest BCUT2D eigenvalue weighted by molar-refractivity contribution is -0.137. The number of sulfonamides is 1. The molecule has 0 bridgehead atoms. The van der Waals surface area contributed by atoms with Crippen molar-refractivity contribution >= 4 is 33.6 Å². The highest BCUT2D eigenvalue weighted by Crippen LogP contribution is 2.24. The summed E-state index contributed by atoms with van der Waals surface area (Å²) in [6, 6.07) is 3.74. The van der Waals surface area contributed by atoms with Gasteiger partial charge < -0.3 is 9.84 Å². The fourth-order valence-corrected chi connectivity index (χ4v) is 3.69. The van der Waals surface area contributed by atoms with Gasteiger partial charge in [-0.2, -0.15) is 0 Å². The Kier molecular flexibility index (Phi) is 6.15. The molecule has 0 unspecified atom stereocenters. The van der Waals surface area contributed by atoms with Crippen molar-refractivity contribution in [1.29, 1.82) is 0 Å². The van der Waals surface area contributed by atoms with Crippen molar-refractivity contribution in [3.63, 3.8) is 0 Å². The van der Waals surface area contributed by atoms with Gasteiger partial charge in [0.05, 0.1) is 17.6 Å². The largest absolute Gasteiger partial charge is 0.481 e. The third-order valence-corrected chi connectivity index (χ3v) is 5.00. The van der Waals surface area contributed by atoms with E-state index in [1.54, 1.807) is 13.8 Å². The first kappa shape index (κ1) is 19.4. The van der Waals surface area contributed by atoms with Crippen LogP contribution in [-0.4, -0.2) is 38.1 Å². The molecule has 0 aliphatic carbocycles. The highest BCUT2D eigenvalue weighted by Gasteiger charge is 2.30. The molecule has 23 heavy (non-hydrogen) atoms. The fourth-order valence-electron chi connectivity index (χ4n) is 1.90. The Hall–Kier alpha value is -1.64. The predicted octanol–water partition coefficient (Wildman–Crippen LogP) is 2.05. The maximum Gasteiger partial charge on any atom is 0.339 e. The van der Waals surface area contributed by atoms with Gasteiger partial charge >= 0.3 is 11.9 Å². The highest BCUT2D eigenvalue weighted by molar-refractivity contribution is 7.89. The van der Waals surface area contributed by atoms with Crippen LogP contribution in [0.25, 0.3) is 0 Å². The summed E-state index contributed by atoms with van der Waals surface area (Å²) in [5, 5.41) is 8.91. The van der Waals surface area contributed by atoms with Gasteiger partial charge in [0.1, 0.15) is 0 Å². The van der Waals surface area contributed by atoms with Crippen molar-refractivity contribution in [2.24, 2.45) is 0 Å². The molecular formula is C14H18ClNO6S. The second kappa shape index (κ2) is 7.29. The van der Waals surface area contributed by atoms with Crippen LogP contribution >= 0.6 is 11.6 Å². The molecule has 0 amide bonds. The van der Waals surface area contributed by atoms with Crippen LogP contribution in [0.3, 0.4) is 0 Å². The SMILES string of the molecule is COC(=O)c1cc(Cl)ccc1S(=O)(=O)NC(C)(C)CCC(=O)O. The second-order valence-electron chi connectivity index (χ2n) is 5.52. The summed E-state index contributed by atoms with van der Waals surface area (Å²) >= 11 is 5.80.